The van der Waals surface area contributed by atoms with E-state index >= 15 is 0 Å². The third-order valence-electron chi connectivity index (χ3n) is 9.18. The van der Waals surface area contributed by atoms with E-state index in [1.54, 1.807) is 4.90 Å². The molecule has 1 aliphatic heterocycles. The Kier molecular flexibility index (Phi) is 11.5. The fraction of sp³-hybridized carbons (Fsp3) is 0.697. The molecular formula is C33H49N7O6. The summed E-state index contributed by atoms with van der Waals surface area (Å²) < 4.78 is 0. The lowest BCUT2D eigenvalue weighted by molar-refractivity contribution is -0.146. The minimum Gasteiger partial charge on any atom is -0.347 e. The number of aromatic nitrogens is 2. The van der Waals surface area contributed by atoms with Crippen LogP contribution in [0.2, 0.25) is 0 Å². The number of nitrogens with one attached hydrogen (secondary N) is 4. The summed E-state index contributed by atoms with van der Waals surface area (Å²) in [7, 11) is 0. The summed E-state index contributed by atoms with van der Waals surface area (Å²) in [4.78, 5) is 89.9. The summed E-state index contributed by atoms with van der Waals surface area (Å²) in [6.45, 7) is 9.64. The number of carbonyl (C=O) groups is 6. The molecule has 5 amide bonds. The topological polar surface area (TPSA) is 180 Å². The molecule has 2 heterocycles. The van der Waals surface area contributed by atoms with E-state index in [-0.39, 0.29) is 23.6 Å². The second-order valence-corrected chi connectivity index (χ2v) is 14.0. The molecule has 13 nitrogen and oxygen atoms in total. The molecule has 1 aromatic heterocycles. The van der Waals surface area contributed by atoms with Crippen LogP contribution in [0.1, 0.15) is 103 Å². The number of likely N-dealkylation sites (tertiary alicyclic amines) is 1. The van der Waals surface area contributed by atoms with Gasteiger partial charge in [0.25, 0.3) is 11.8 Å². The second-order valence-electron chi connectivity index (χ2n) is 14.0. The van der Waals surface area contributed by atoms with E-state index in [1.807, 2.05) is 34.6 Å². The van der Waals surface area contributed by atoms with E-state index in [0.717, 1.165) is 32.1 Å². The van der Waals surface area contributed by atoms with Gasteiger partial charge in [-0.2, -0.15) is 0 Å². The van der Waals surface area contributed by atoms with Crippen molar-refractivity contribution in [3.05, 3.63) is 24.3 Å². The molecule has 0 unspecified atom stereocenters. The number of carbonyl (C=O) groups excluding carboxylic acids is 6. The maximum atomic E-state index is 14.4. The quantitative estimate of drug-likeness (QED) is 0.222. The molecule has 0 aromatic carbocycles. The Morgan fingerprint density at radius 2 is 1.61 bits per heavy atom. The molecule has 2 saturated carbocycles. The molecule has 2 aliphatic carbocycles. The third-order valence-corrected chi connectivity index (χ3v) is 9.18. The van der Waals surface area contributed by atoms with E-state index in [2.05, 4.69) is 31.2 Å². The largest absolute Gasteiger partial charge is 0.347 e. The molecule has 0 bridgehead atoms. The van der Waals surface area contributed by atoms with Gasteiger partial charge in [0.05, 0.1) is 12.2 Å². The number of Topliss-reactive ketones (excluding diaryl/α,β-unsaturated/α-hetero) is 1. The Hall–Kier alpha value is -3.90. The van der Waals surface area contributed by atoms with Gasteiger partial charge >= 0.3 is 0 Å². The van der Waals surface area contributed by atoms with Gasteiger partial charge in [0.2, 0.25) is 23.5 Å². The van der Waals surface area contributed by atoms with Gasteiger partial charge in [0.1, 0.15) is 23.8 Å². The molecule has 0 radical (unpaired) electrons. The van der Waals surface area contributed by atoms with E-state index in [4.69, 9.17) is 0 Å². The zero-order chi connectivity index (χ0) is 33.6. The van der Waals surface area contributed by atoms with Gasteiger partial charge in [-0.1, -0.05) is 53.9 Å². The van der Waals surface area contributed by atoms with Gasteiger partial charge < -0.3 is 26.2 Å². The van der Waals surface area contributed by atoms with Crippen molar-refractivity contribution < 1.29 is 28.8 Å². The van der Waals surface area contributed by atoms with Crippen molar-refractivity contribution in [1.29, 1.82) is 0 Å². The highest BCUT2D eigenvalue weighted by molar-refractivity contribution is 6.38. The van der Waals surface area contributed by atoms with Crippen LogP contribution in [0.5, 0.6) is 0 Å². The Balaban J connectivity index is 1.52. The number of nitrogens with zero attached hydrogens (tertiary/aromatic N) is 3. The molecule has 4 N–H and O–H groups in total. The van der Waals surface area contributed by atoms with Crippen molar-refractivity contribution in [3.63, 3.8) is 0 Å². The fourth-order valence-electron chi connectivity index (χ4n) is 6.59. The lowest BCUT2D eigenvalue weighted by Gasteiger charge is -2.37. The van der Waals surface area contributed by atoms with Gasteiger partial charge in [-0.25, -0.2) is 4.98 Å². The number of ketones is 1. The van der Waals surface area contributed by atoms with Crippen LogP contribution < -0.4 is 21.3 Å². The monoisotopic (exact) mass is 639 g/mol. The van der Waals surface area contributed by atoms with Crippen LogP contribution in [-0.2, 0) is 24.0 Å². The molecule has 6 atom stereocenters. The number of fused-ring (bicyclic) bond motifs is 1. The van der Waals surface area contributed by atoms with E-state index in [9.17, 15) is 28.8 Å². The zero-order valence-corrected chi connectivity index (χ0v) is 27.6. The maximum absolute atomic E-state index is 14.4. The third kappa shape index (κ3) is 8.47. The van der Waals surface area contributed by atoms with Crippen molar-refractivity contribution in [2.75, 3.05) is 6.54 Å². The van der Waals surface area contributed by atoms with Crippen LogP contribution in [0, 0.1) is 17.3 Å². The number of hydrogen-bond donors (Lipinski definition) is 4. The minimum absolute atomic E-state index is 0.0124. The molecule has 3 fully saturated rings. The van der Waals surface area contributed by atoms with Crippen LogP contribution in [0.25, 0.3) is 0 Å². The molecular weight excluding hydrogens is 590 g/mol. The summed E-state index contributed by atoms with van der Waals surface area (Å²) in [6, 6.07) is -3.72. The number of hydrogen-bond acceptors (Lipinski definition) is 8. The lowest BCUT2D eigenvalue weighted by Crippen LogP contribution is -2.61. The fourth-order valence-corrected chi connectivity index (χ4v) is 6.59. The van der Waals surface area contributed by atoms with Crippen molar-refractivity contribution >= 4 is 35.3 Å². The summed E-state index contributed by atoms with van der Waals surface area (Å²) in [5.41, 5.74) is -0.666. The molecule has 13 heteroatoms. The summed E-state index contributed by atoms with van der Waals surface area (Å²) >= 11 is 0. The maximum Gasteiger partial charge on any atom is 0.289 e. The van der Waals surface area contributed by atoms with Gasteiger partial charge in [-0.3, -0.25) is 33.8 Å². The SMILES string of the molecule is CCC[C@H](NC(=O)c1cnccn1)C(=O)N[C@H](C(=O)N1C[C@@H]2CCC[C@@H]2[C@H]1C(=O)N[C@@H](CCC)C(=O)C(=O)NC1CC1)C(C)(C)C. The molecule has 1 saturated heterocycles. The summed E-state index contributed by atoms with van der Waals surface area (Å²) in [5.74, 6) is -3.24. The van der Waals surface area contributed by atoms with Crippen LogP contribution in [-0.4, -0.2) is 86.9 Å². The van der Waals surface area contributed by atoms with Crippen LogP contribution in [0.4, 0.5) is 0 Å². The highest BCUT2D eigenvalue weighted by Gasteiger charge is 2.52. The molecule has 0 spiro atoms. The molecule has 1 aromatic rings. The predicted molar refractivity (Wildman–Crippen MR) is 169 cm³/mol. The zero-order valence-electron chi connectivity index (χ0n) is 27.6. The Morgan fingerprint density at radius 3 is 2.22 bits per heavy atom. The highest BCUT2D eigenvalue weighted by atomic mass is 16.2. The van der Waals surface area contributed by atoms with Crippen LogP contribution >= 0.6 is 0 Å². The van der Waals surface area contributed by atoms with Gasteiger partial charge in [-0.05, 0) is 55.8 Å². The highest BCUT2D eigenvalue weighted by Crippen LogP contribution is 2.43. The summed E-state index contributed by atoms with van der Waals surface area (Å²) in [5, 5.41) is 11.2. The van der Waals surface area contributed by atoms with E-state index in [1.165, 1.54) is 18.6 Å². The van der Waals surface area contributed by atoms with Crippen molar-refractivity contribution in [1.82, 2.24) is 36.1 Å². The Labute approximate surface area is 270 Å². The average molecular weight is 640 g/mol. The first-order valence-corrected chi connectivity index (χ1v) is 16.7. The van der Waals surface area contributed by atoms with Crippen molar-refractivity contribution in [2.24, 2.45) is 17.3 Å². The second kappa shape index (κ2) is 15.1. The minimum atomic E-state index is -1.00. The molecule has 46 heavy (non-hydrogen) atoms. The first kappa shape index (κ1) is 35.0. The van der Waals surface area contributed by atoms with Crippen LogP contribution in [0.15, 0.2) is 18.6 Å². The normalized spacial score (nSPS) is 22.6. The Morgan fingerprint density at radius 1 is 0.913 bits per heavy atom. The first-order chi connectivity index (χ1) is 21.8. The molecule has 3 aliphatic rings. The lowest BCUT2D eigenvalue weighted by atomic mass is 9.85. The Bertz CT molecular complexity index is 1290. The first-order valence-electron chi connectivity index (χ1n) is 16.7. The van der Waals surface area contributed by atoms with Crippen molar-refractivity contribution in [2.45, 2.75) is 123 Å². The van der Waals surface area contributed by atoms with E-state index in [0.29, 0.717) is 32.2 Å². The van der Waals surface area contributed by atoms with Gasteiger partial charge in [-0.15, -0.1) is 0 Å². The van der Waals surface area contributed by atoms with Crippen molar-refractivity contribution in [3.8, 4) is 0 Å². The predicted octanol–water partition coefficient (Wildman–Crippen LogP) is 1.67. The van der Waals surface area contributed by atoms with Crippen LogP contribution in [0.3, 0.4) is 0 Å². The average Bonchev–Trinajstić information content (AvgIpc) is 3.58. The number of rotatable bonds is 14. The standard InChI is InChI=1S/C33H49N7O6/c1-6-9-22(26(41)31(45)36-20-13-14-20)37-30(44)25-21-12-8-11-19(21)18-40(25)32(46)27(33(3,4)5)39-28(42)23(10-7-2)38-29(43)24-17-34-15-16-35-24/h15-17,19-23,25,27H,6-14,18H2,1-5H3,(H,36,45)(H,37,44)(H,38,43)(H,39,42)/t19-,21-,22-,23-,25-,27+/m0/s1. The van der Waals surface area contributed by atoms with Gasteiger partial charge in [0.15, 0.2) is 0 Å². The number of amides is 5. The smallest absolute Gasteiger partial charge is 0.289 e. The molecule has 252 valence electrons. The van der Waals surface area contributed by atoms with E-state index < -0.39 is 64.9 Å². The van der Waals surface area contributed by atoms with Gasteiger partial charge in [0, 0.05) is 25.0 Å². The molecule has 4 rings (SSSR count). The summed E-state index contributed by atoms with van der Waals surface area (Å²) in [6.07, 6.45) is 10.2.